The largest absolute Gasteiger partial charge is 0.450 e. The van der Waals surface area contributed by atoms with Gasteiger partial charge in [-0.2, -0.15) is 13.2 Å². The highest BCUT2D eigenvalue weighted by Crippen LogP contribution is 2.25. The van der Waals surface area contributed by atoms with Crippen molar-refractivity contribution in [1.82, 2.24) is 4.98 Å². The molecule has 0 aliphatic carbocycles. The number of rotatable bonds is 3. The van der Waals surface area contributed by atoms with Crippen molar-refractivity contribution in [3.63, 3.8) is 0 Å². The van der Waals surface area contributed by atoms with Gasteiger partial charge in [0.1, 0.15) is 5.82 Å². The van der Waals surface area contributed by atoms with Gasteiger partial charge >= 0.3 is 6.18 Å². The number of halogens is 4. The first-order valence-electron chi connectivity index (χ1n) is 4.96. The number of fused-ring (bicyclic) bond motifs is 1. The Morgan fingerprint density at radius 2 is 1.95 bits per heavy atom. The molecule has 100 valence electrons. The summed E-state index contributed by atoms with van der Waals surface area (Å²) in [6.07, 6.45) is -6.33. The number of hydrogen-bond donors (Lipinski definition) is 0. The molecular formula is C11H5F4NO2S. The molecule has 1 aromatic carbocycles. The van der Waals surface area contributed by atoms with Crippen LogP contribution < -0.4 is 0 Å². The van der Waals surface area contributed by atoms with Gasteiger partial charge in [0.25, 0.3) is 0 Å². The smallest absolute Gasteiger partial charge is 0.291 e. The monoisotopic (exact) mass is 291 g/mol. The van der Waals surface area contributed by atoms with Crippen molar-refractivity contribution in [3.05, 3.63) is 29.0 Å². The Bertz CT molecular complexity index is 662. The lowest BCUT2D eigenvalue weighted by molar-refractivity contribution is -0.170. The third-order valence-corrected chi connectivity index (χ3v) is 3.29. The van der Waals surface area contributed by atoms with Gasteiger partial charge in [0, 0.05) is 0 Å². The summed E-state index contributed by atoms with van der Waals surface area (Å²) in [4.78, 5) is 25.9. The minimum Gasteiger partial charge on any atom is -0.291 e. The molecule has 1 heterocycles. The van der Waals surface area contributed by atoms with Gasteiger partial charge in [-0.3, -0.25) is 9.59 Å². The average Bonchev–Trinajstić information content (AvgIpc) is 2.70. The molecule has 0 radical (unpaired) electrons. The lowest BCUT2D eigenvalue weighted by Crippen LogP contribution is -2.25. The van der Waals surface area contributed by atoms with Gasteiger partial charge in [-0.25, -0.2) is 9.37 Å². The Morgan fingerprint density at radius 1 is 1.26 bits per heavy atom. The maximum absolute atomic E-state index is 12.9. The molecule has 1 aromatic heterocycles. The number of ketones is 2. The number of nitrogens with zero attached hydrogens (tertiary/aromatic N) is 1. The molecule has 0 aliphatic heterocycles. The van der Waals surface area contributed by atoms with Gasteiger partial charge in [-0.05, 0) is 18.2 Å². The summed E-state index contributed by atoms with van der Waals surface area (Å²) in [7, 11) is 0. The van der Waals surface area contributed by atoms with E-state index in [1.54, 1.807) is 0 Å². The van der Waals surface area contributed by atoms with E-state index in [0.29, 0.717) is 10.2 Å². The number of carbonyl (C=O) groups excluding carboxylic acids is 2. The van der Waals surface area contributed by atoms with E-state index in [4.69, 9.17) is 0 Å². The number of thiazole rings is 1. The molecule has 3 nitrogen and oxygen atoms in total. The SMILES string of the molecule is O=C(CC(=O)C(F)(F)F)c1nc2ccc(F)cc2s1. The number of carbonyl (C=O) groups is 2. The van der Waals surface area contributed by atoms with Crippen molar-refractivity contribution in [3.8, 4) is 0 Å². The van der Waals surface area contributed by atoms with Crippen molar-refractivity contribution >= 4 is 33.1 Å². The maximum atomic E-state index is 12.9. The highest BCUT2D eigenvalue weighted by molar-refractivity contribution is 7.20. The van der Waals surface area contributed by atoms with E-state index in [-0.39, 0.29) is 5.01 Å². The van der Waals surface area contributed by atoms with Crippen molar-refractivity contribution in [2.75, 3.05) is 0 Å². The molecule has 8 heteroatoms. The van der Waals surface area contributed by atoms with Crippen LogP contribution in [0.1, 0.15) is 16.2 Å². The molecule has 0 spiro atoms. The third kappa shape index (κ3) is 2.95. The van der Waals surface area contributed by atoms with Gasteiger partial charge in [0.05, 0.1) is 16.6 Å². The molecule has 0 N–H and O–H groups in total. The highest BCUT2D eigenvalue weighted by Gasteiger charge is 2.39. The van der Waals surface area contributed by atoms with E-state index in [1.807, 2.05) is 0 Å². The van der Waals surface area contributed by atoms with Crippen LogP contribution in [-0.4, -0.2) is 22.7 Å². The van der Waals surface area contributed by atoms with E-state index in [1.165, 1.54) is 6.07 Å². The lowest BCUT2D eigenvalue weighted by atomic mass is 10.2. The van der Waals surface area contributed by atoms with Crippen LogP contribution in [0.2, 0.25) is 0 Å². The van der Waals surface area contributed by atoms with Gasteiger partial charge in [-0.15, -0.1) is 11.3 Å². The molecule has 0 fully saturated rings. The Hall–Kier alpha value is -1.83. The third-order valence-electron chi connectivity index (χ3n) is 2.23. The van der Waals surface area contributed by atoms with Gasteiger partial charge in [-0.1, -0.05) is 0 Å². The zero-order valence-electron chi connectivity index (χ0n) is 9.12. The first kappa shape index (κ1) is 13.6. The first-order valence-corrected chi connectivity index (χ1v) is 5.78. The quantitative estimate of drug-likeness (QED) is 0.496. The fourth-order valence-electron chi connectivity index (χ4n) is 1.34. The second kappa shape index (κ2) is 4.69. The first-order chi connectivity index (χ1) is 8.77. The molecule has 0 amide bonds. The zero-order valence-corrected chi connectivity index (χ0v) is 9.94. The normalized spacial score (nSPS) is 11.8. The van der Waals surface area contributed by atoms with Gasteiger partial charge < -0.3 is 0 Å². The zero-order chi connectivity index (χ0) is 14.2. The summed E-state index contributed by atoms with van der Waals surface area (Å²) in [6.45, 7) is 0. The van der Waals surface area contributed by atoms with E-state index in [2.05, 4.69) is 4.98 Å². The second-order valence-corrected chi connectivity index (χ2v) is 4.68. The summed E-state index contributed by atoms with van der Waals surface area (Å²) in [6, 6.07) is 3.55. The summed E-state index contributed by atoms with van der Waals surface area (Å²) in [5.74, 6) is -3.69. The fraction of sp³-hybridized carbons (Fsp3) is 0.182. The second-order valence-electron chi connectivity index (χ2n) is 3.65. The Kier molecular flexibility index (Phi) is 3.36. The Labute approximate surface area is 107 Å². The molecule has 2 aromatic rings. The molecule has 0 bridgehead atoms. The number of Topliss-reactive ketones (excluding diaryl/α,β-unsaturated/α-hetero) is 2. The highest BCUT2D eigenvalue weighted by atomic mass is 32.1. The van der Waals surface area contributed by atoms with E-state index in [0.717, 1.165) is 23.5 Å². The molecule has 0 saturated heterocycles. The van der Waals surface area contributed by atoms with E-state index in [9.17, 15) is 27.2 Å². The van der Waals surface area contributed by atoms with Gasteiger partial charge in [0.2, 0.25) is 5.78 Å². The molecule has 2 rings (SSSR count). The standard InChI is InChI=1S/C11H5F4NO2S/c12-5-1-2-6-8(3-5)19-10(16-6)7(17)4-9(18)11(13,14)15/h1-3H,4H2. The molecular weight excluding hydrogens is 286 g/mol. The minimum atomic E-state index is -5.04. The number of alkyl halides is 3. The molecule has 0 atom stereocenters. The van der Waals surface area contributed by atoms with Crippen LogP contribution in [-0.2, 0) is 4.79 Å². The summed E-state index contributed by atoms with van der Waals surface area (Å²) in [5.41, 5.74) is 0.300. The predicted molar refractivity (Wildman–Crippen MR) is 59.6 cm³/mol. The number of aromatic nitrogens is 1. The molecule has 0 aliphatic rings. The molecule has 19 heavy (non-hydrogen) atoms. The topological polar surface area (TPSA) is 47.0 Å². The Balaban J connectivity index is 2.25. The average molecular weight is 291 g/mol. The van der Waals surface area contributed by atoms with Crippen LogP contribution in [0.15, 0.2) is 18.2 Å². The van der Waals surface area contributed by atoms with Crippen LogP contribution in [0.25, 0.3) is 10.2 Å². The Morgan fingerprint density at radius 3 is 2.58 bits per heavy atom. The van der Waals surface area contributed by atoms with Crippen molar-refractivity contribution in [2.24, 2.45) is 0 Å². The van der Waals surface area contributed by atoms with Crippen LogP contribution in [0.3, 0.4) is 0 Å². The fourth-order valence-corrected chi connectivity index (χ4v) is 2.27. The van der Waals surface area contributed by atoms with Crippen molar-refractivity contribution in [1.29, 1.82) is 0 Å². The van der Waals surface area contributed by atoms with Crippen LogP contribution in [0.4, 0.5) is 17.6 Å². The van der Waals surface area contributed by atoms with E-state index >= 15 is 0 Å². The van der Waals surface area contributed by atoms with Crippen molar-refractivity contribution in [2.45, 2.75) is 12.6 Å². The maximum Gasteiger partial charge on any atom is 0.450 e. The lowest BCUT2D eigenvalue weighted by Gasteiger charge is -2.02. The summed E-state index contributed by atoms with van der Waals surface area (Å²) < 4.78 is 49.3. The molecule has 0 unspecified atom stereocenters. The van der Waals surface area contributed by atoms with Crippen LogP contribution in [0, 0.1) is 5.82 Å². The number of hydrogen-bond acceptors (Lipinski definition) is 4. The minimum absolute atomic E-state index is 0.238. The summed E-state index contributed by atoms with van der Waals surface area (Å²) >= 11 is 0.752. The predicted octanol–water partition coefficient (Wildman–Crippen LogP) is 3.14. The van der Waals surface area contributed by atoms with Gasteiger partial charge in [0.15, 0.2) is 10.8 Å². The van der Waals surface area contributed by atoms with Crippen molar-refractivity contribution < 1.29 is 27.2 Å². The number of benzene rings is 1. The molecule has 0 saturated carbocycles. The van der Waals surface area contributed by atoms with Crippen LogP contribution in [0.5, 0.6) is 0 Å². The van der Waals surface area contributed by atoms with Crippen LogP contribution >= 0.6 is 11.3 Å². The van der Waals surface area contributed by atoms with E-state index < -0.39 is 30.0 Å². The summed E-state index contributed by atoms with van der Waals surface area (Å²) in [5, 5.41) is -0.238.